The first-order valence-electron chi connectivity index (χ1n) is 6.12. The summed E-state index contributed by atoms with van der Waals surface area (Å²) < 4.78 is 0. The topological polar surface area (TPSA) is 70.5 Å². The van der Waals surface area contributed by atoms with E-state index in [9.17, 15) is 14.7 Å². The number of hydrogen-bond donors (Lipinski definition) is 1. The summed E-state index contributed by atoms with van der Waals surface area (Å²) in [5, 5.41) is 10.4. The van der Waals surface area contributed by atoms with Gasteiger partial charge in [0.05, 0.1) is 17.6 Å². The first kappa shape index (κ1) is 12.5. The maximum absolute atomic E-state index is 12.4. The molecule has 20 heavy (non-hydrogen) atoms. The van der Waals surface area contributed by atoms with Gasteiger partial charge in [-0.2, -0.15) is 0 Å². The Morgan fingerprint density at radius 3 is 2.80 bits per heavy atom. The lowest BCUT2D eigenvalue weighted by Gasteiger charge is -2.19. The Bertz CT molecular complexity index is 710. The lowest BCUT2D eigenvalue weighted by atomic mass is 9.98. The molecular weight excluding hydrogens is 256 g/mol. The number of carbonyl (C=O) groups excluding carboxylic acids is 2. The van der Waals surface area contributed by atoms with Crippen molar-refractivity contribution in [2.24, 2.45) is 0 Å². The first-order valence-corrected chi connectivity index (χ1v) is 6.12. The Labute approximate surface area is 115 Å². The first-order chi connectivity index (χ1) is 9.55. The van der Waals surface area contributed by atoms with Gasteiger partial charge in [0.25, 0.3) is 5.91 Å². The molecule has 0 radical (unpaired) electrons. The zero-order valence-corrected chi connectivity index (χ0v) is 10.8. The molecule has 0 bridgehead atoms. The van der Waals surface area contributed by atoms with Gasteiger partial charge in [-0.3, -0.25) is 19.5 Å². The highest BCUT2D eigenvalue weighted by atomic mass is 16.3. The molecule has 1 aliphatic rings. The van der Waals surface area contributed by atoms with Crippen molar-refractivity contribution in [1.82, 2.24) is 4.98 Å². The number of nitrogens with zero attached hydrogens (tertiary/aromatic N) is 2. The van der Waals surface area contributed by atoms with E-state index in [0.29, 0.717) is 28.8 Å². The molecule has 1 atom stereocenters. The number of rotatable bonds is 2. The number of aldehydes is 1. The molecule has 100 valence electrons. The summed E-state index contributed by atoms with van der Waals surface area (Å²) in [6, 6.07) is 8.59. The molecule has 0 unspecified atom stereocenters. The summed E-state index contributed by atoms with van der Waals surface area (Å²) in [5.74, 6) is -0.455. The molecule has 3 rings (SSSR count). The minimum Gasteiger partial charge on any atom is -0.375 e. The summed E-state index contributed by atoms with van der Waals surface area (Å²) in [7, 11) is 0. The molecular formula is C15H12N2O3. The van der Waals surface area contributed by atoms with Gasteiger partial charge in [0.2, 0.25) is 0 Å². The fraction of sp³-hybridized carbons (Fsp3) is 0.133. The van der Waals surface area contributed by atoms with E-state index >= 15 is 0 Å². The van der Waals surface area contributed by atoms with Crippen molar-refractivity contribution < 1.29 is 14.7 Å². The monoisotopic (exact) mass is 268 g/mol. The van der Waals surface area contributed by atoms with Crippen LogP contribution in [0.15, 0.2) is 42.7 Å². The van der Waals surface area contributed by atoms with E-state index in [4.69, 9.17) is 0 Å². The third-order valence-electron chi connectivity index (χ3n) is 3.43. The third-order valence-corrected chi connectivity index (χ3v) is 3.43. The van der Waals surface area contributed by atoms with E-state index in [1.165, 1.54) is 24.2 Å². The summed E-state index contributed by atoms with van der Waals surface area (Å²) >= 11 is 0. The molecule has 1 aromatic heterocycles. The maximum atomic E-state index is 12.4. The van der Waals surface area contributed by atoms with Crippen LogP contribution < -0.4 is 4.90 Å². The molecule has 1 aliphatic heterocycles. The number of para-hydroxylation sites is 1. The van der Waals surface area contributed by atoms with Crippen molar-refractivity contribution in [3.05, 3.63) is 53.9 Å². The van der Waals surface area contributed by atoms with E-state index < -0.39 is 11.5 Å². The molecule has 5 heteroatoms. The van der Waals surface area contributed by atoms with E-state index in [1.54, 1.807) is 30.3 Å². The summed E-state index contributed by atoms with van der Waals surface area (Å²) in [6.45, 7) is 1.46. The van der Waals surface area contributed by atoms with Crippen molar-refractivity contribution in [3.8, 4) is 0 Å². The number of amides is 1. The van der Waals surface area contributed by atoms with Crippen LogP contribution >= 0.6 is 0 Å². The van der Waals surface area contributed by atoms with Crippen molar-refractivity contribution >= 4 is 23.6 Å². The van der Waals surface area contributed by atoms with Gasteiger partial charge < -0.3 is 5.11 Å². The molecule has 2 heterocycles. The average molecular weight is 268 g/mol. The molecule has 0 saturated heterocycles. The Hall–Kier alpha value is -2.53. The van der Waals surface area contributed by atoms with Crippen LogP contribution in [-0.2, 0) is 10.4 Å². The van der Waals surface area contributed by atoms with Gasteiger partial charge in [-0.15, -0.1) is 0 Å². The van der Waals surface area contributed by atoms with Gasteiger partial charge in [-0.05, 0) is 19.1 Å². The van der Waals surface area contributed by atoms with Gasteiger partial charge in [0, 0.05) is 17.3 Å². The van der Waals surface area contributed by atoms with E-state index in [2.05, 4.69) is 4.98 Å². The smallest absolute Gasteiger partial charge is 0.267 e. The minimum absolute atomic E-state index is 0.374. The van der Waals surface area contributed by atoms with E-state index in [0.717, 1.165) is 0 Å². The van der Waals surface area contributed by atoms with Crippen LogP contribution in [-0.4, -0.2) is 22.3 Å². The van der Waals surface area contributed by atoms with Crippen LogP contribution in [0, 0.1) is 0 Å². The molecule has 2 aromatic rings. The fourth-order valence-corrected chi connectivity index (χ4v) is 2.41. The van der Waals surface area contributed by atoms with Crippen LogP contribution in [0.1, 0.15) is 22.8 Å². The summed E-state index contributed by atoms with van der Waals surface area (Å²) in [5.41, 5.74) is 0.409. The highest BCUT2D eigenvalue weighted by Gasteiger charge is 2.46. The van der Waals surface area contributed by atoms with Crippen molar-refractivity contribution in [2.45, 2.75) is 12.5 Å². The zero-order valence-electron chi connectivity index (χ0n) is 10.8. The molecule has 0 aliphatic carbocycles. The normalized spacial score (nSPS) is 20.9. The second kappa shape index (κ2) is 4.25. The van der Waals surface area contributed by atoms with Crippen LogP contribution in [0.25, 0.3) is 0 Å². The second-order valence-electron chi connectivity index (χ2n) is 4.82. The Morgan fingerprint density at radius 2 is 2.05 bits per heavy atom. The zero-order chi connectivity index (χ0) is 14.3. The number of hydrogen-bond acceptors (Lipinski definition) is 4. The van der Waals surface area contributed by atoms with Gasteiger partial charge in [-0.25, -0.2) is 0 Å². The standard InChI is InChI=1S/C15H12N2O3/c1-15(20)12-4-2-3-5-13(12)17(14(15)19)11-6-10(9-18)7-16-8-11/h2-9,20H,1H3/t15-/m1/s1. The van der Waals surface area contributed by atoms with E-state index in [1.807, 2.05) is 0 Å². The van der Waals surface area contributed by atoms with Gasteiger partial charge in [-0.1, -0.05) is 18.2 Å². The van der Waals surface area contributed by atoms with E-state index in [-0.39, 0.29) is 0 Å². The predicted molar refractivity (Wildman–Crippen MR) is 72.8 cm³/mol. The molecule has 1 aromatic carbocycles. The van der Waals surface area contributed by atoms with Crippen molar-refractivity contribution in [3.63, 3.8) is 0 Å². The number of fused-ring (bicyclic) bond motifs is 1. The molecule has 0 spiro atoms. The summed E-state index contributed by atoms with van der Waals surface area (Å²) in [6.07, 6.45) is 3.57. The van der Waals surface area contributed by atoms with Gasteiger partial charge in [0.1, 0.15) is 0 Å². The Balaban J connectivity index is 2.19. The maximum Gasteiger partial charge on any atom is 0.267 e. The minimum atomic E-state index is -1.58. The lowest BCUT2D eigenvalue weighted by Crippen LogP contribution is -2.35. The summed E-state index contributed by atoms with van der Waals surface area (Å²) in [4.78, 5) is 28.6. The van der Waals surface area contributed by atoms with Crippen LogP contribution in [0.4, 0.5) is 11.4 Å². The molecule has 5 nitrogen and oxygen atoms in total. The third kappa shape index (κ3) is 1.64. The number of carbonyl (C=O) groups is 2. The highest BCUT2D eigenvalue weighted by molar-refractivity contribution is 6.11. The molecule has 1 amide bonds. The molecule has 0 fully saturated rings. The molecule has 1 N–H and O–H groups in total. The van der Waals surface area contributed by atoms with Crippen LogP contribution in [0.3, 0.4) is 0 Å². The van der Waals surface area contributed by atoms with Crippen molar-refractivity contribution in [1.29, 1.82) is 0 Å². The molecule has 0 saturated carbocycles. The average Bonchev–Trinajstić information content (AvgIpc) is 2.67. The quantitative estimate of drug-likeness (QED) is 0.843. The largest absolute Gasteiger partial charge is 0.375 e. The number of anilines is 2. The lowest BCUT2D eigenvalue weighted by molar-refractivity contribution is -0.133. The number of aliphatic hydroxyl groups is 1. The number of pyridine rings is 1. The Morgan fingerprint density at radius 1 is 1.30 bits per heavy atom. The van der Waals surface area contributed by atoms with Crippen LogP contribution in [0.2, 0.25) is 0 Å². The van der Waals surface area contributed by atoms with Gasteiger partial charge >= 0.3 is 0 Å². The van der Waals surface area contributed by atoms with Crippen molar-refractivity contribution in [2.75, 3.05) is 4.90 Å². The number of benzene rings is 1. The van der Waals surface area contributed by atoms with Gasteiger partial charge in [0.15, 0.2) is 11.9 Å². The van der Waals surface area contributed by atoms with Crippen LogP contribution in [0.5, 0.6) is 0 Å². The fourth-order valence-electron chi connectivity index (χ4n) is 2.41. The highest BCUT2D eigenvalue weighted by Crippen LogP contribution is 2.43. The number of aromatic nitrogens is 1. The second-order valence-corrected chi connectivity index (χ2v) is 4.82. The Kier molecular flexibility index (Phi) is 2.65. The predicted octanol–water partition coefficient (Wildman–Crippen LogP) is 1.78. The SMILES string of the molecule is C[C@]1(O)C(=O)N(c2cncc(C=O)c2)c2ccccc21.